The lowest BCUT2D eigenvalue weighted by atomic mass is 9.84. The second-order valence-corrected chi connectivity index (χ2v) is 17.7. The van der Waals surface area contributed by atoms with Crippen LogP contribution in [0, 0.1) is 0 Å². The summed E-state index contributed by atoms with van der Waals surface area (Å²) >= 11 is 0. The van der Waals surface area contributed by atoms with E-state index in [4.69, 9.17) is 0 Å². The maximum Gasteiger partial charge on any atom is 0.0561 e. The third kappa shape index (κ3) is 6.73. The fourth-order valence-corrected chi connectivity index (χ4v) is 10.6. The van der Waals surface area contributed by atoms with Gasteiger partial charge in [-0.15, -0.1) is 0 Å². The Morgan fingerprint density at radius 2 is 0.735 bits per heavy atom. The van der Waals surface area contributed by atoms with Gasteiger partial charge < -0.3 is 9.47 Å². The number of hydrogen-bond donors (Lipinski definition) is 0. The number of nitrogens with zero attached hydrogens (tertiary/aromatic N) is 2. The average molecular weight is 865 g/mol. The van der Waals surface area contributed by atoms with Gasteiger partial charge in [-0.1, -0.05) is 206 Å². The first-order chi connectivity index (χ1) is 33.7. The Balaban J connectivity index is 1.01. The van der Waals surface area contributed by atoms with Crippen LogP contribution in [0.15, 0.2) is 267 Å². The van der Waals surface area contributed by atoms with Gasteiger partial charge in [0.15, 0.2) is 0 Å². The zero-order chi connectivity index (χ0) is 45.0. The van der Waals surface area contributed by atoms with Crippen molar-refractivity contribution in [1.29, 1.82) is 0 Å². The lowest BCUT2D eigenvalue weighted by Crippen LogP contribution is -2.10. The van der Waals surface area contributed by atoms with E-state index in [-0.39, 0.29) is 0 Å². The van der Waals surface area contributed by atoms with Crippen molar-refractivity contribution < 1.29 is 0 Å². The number of aromatic nitrogens is 1. The predicted molar refractivity (Wildman–Crippen MR) is 290 cm³/mol. The van der Waals surface area contributed by atoms with Crippen LogP contribution < -0.4 is 4.90 Å². The smallest absolute Gasteiger partial charge is 0.0561 e. The van der Waals surface area contributed by atoms with Gasteiger partial charge in [0, 0.05) is 33.5 Å². The molecule has 68 heavy (non-hydrogen) atoms. The van der Waals surface area contributed by atoms with E-state index in [1.54, 1.807) is 0 Å². The van der Waals surface area contributed by atoms with Crippen LogP contribution in [0.2, 0.25) is 0 Å². The van der Waals surface area contributed by atoms with Crippen molar-refractivity contribution in [2.45, 2.75) is 0 Å². The molecule has 12 aromatic carbocycles. The summed E-state index contributed by atoms with van der Waals surface area (Å²) in [5.74, 6) is 0. The minimum Gasteiger partial charge on any atom is -0.310 e. The molecule has 13 rings (SSSR count). The summed E-state index contributed by atoms with van der Waals surface area (Å²) < 4.78 is 2.43. The van der Waals surface area contributed by atoms with Gasteiger partial charge in [0.25, 0.3) is 0 Å². The molecule has 0 N–H and O–H groups in total. The van der Waals surface area contributed by atoms with Crippen molar-refractivity contribution in [3.05, 3.63) is 267 Å². The monoisotopic (exact) mass is 864 g/mol. The SMILES string of the molecule is c1ccc(-c2ccc(N(c3cccc(-c4ccc5c(c4)c(-c4ccccc4)c(-c4ccccc4)c4ccccc45)c3)c3ccc4c5ccccc5n(-c5ccc6ccccc6c5)c4c3)cc2)cc1. The summed E-state index contributed by atoms with van der Waals surface area (Å²) in [6.07, 6.45) is 0. The maximum absolute atomic E-state index is 2.43. The summed E-state index contributed by atoms with van der Waals surface area (Å²) in [6, 6.07) is 97.6. The minimum atomic E-state index is 1.08. The molecule has 0 unspecified atom stereocenters. The van der Waals surface area contributed by atoms with Gasteiger partial charge in [-0.05, 0) is 137 Å². The molecule has 318 valence electrons. The van der Waals surface area contributed by atoms with Crippen LogP contribution in [0.4, 0.5) is 17.1 Å². The maximum atomic E-state index is 2.43. The van der Waals surface area contributed by atoms with Crippen molar-refractivity contribution in [2.75, 3.05) is 4.90 Å². The van der Waals surface area contributed by atoms with Crippen molar-refractivity contribution in [1.82, 2.24) is 4.57 Å². The molecule has 0 aliphatic heterocycles. The summed E-state index contributed by atoms with van der Waals surface area (Å²) in [5.41, 5.74) is 16.3. The van der Waals surface area contributed by atoms with Gasteiger partial charge in [-0.2, -0.15) is 0 Å². The van der Waals surface area contributed by atoms with Gasteiger partial charge in [-0.3, -0.25) is 0 Å². The van der Waals surface area contributed by atoms with Crippen LogP contribution in [0.5, 0.6) is 0 Å². The van der Waals surface area contributed by atoms with E-state index in [0.29, 0.717) is 0 Å². The van der Waals surface area contributed by atoms with E-state index in [1.165, 1.54) is 82.0 Å². The molecule has 0 bridgehead atoms. The van der Waals surface area contributed by atoms with Gasteiger partial charge >= 0.3 is 0 Å². The highest BCUT2D eigenvalue weighted by molar-refractivity contribution is 6.22. The van der Waals surface area contributed by atoms with Crippen LogP contribution in [0.25, 0.3) is 104 Å². The van der Waals surface area contributed by atoms with E-state index >= 15 is 0 Å². The predicted octanol–water partition coefficient (Wildman–Crippen LogP) is 18.4. The molecule has 0 saturated heterocycles. The van der Waals surface area contributed by atoms with E-state index < -0.39 is 0 Å². The van der Waals surface area contributed by atoms with Gasteiger partial charge in [0.1, 0.15) is 0 Å². The van der Waals surface area contributed by atoms with E-state index in [9.17, 15) is 0 Å². The van der Waals surface area contributed by atoms with Crippen LogP contribution in [0.1, 0.15) is 0 Å². The fourth-order valence-electron chi connectivity index (χ4n) is 10.6. The lowest BCUT2D eigenvalue weighted by Gasteiger charge is -2.27. The summed E-state index contributed by atoms with van der Waals surface area (Å²) in [4.78, 5) is 2.41. The molecule has 0 spiro atoms. The molecular formula is C66H44N2. The van der Waals surface area contributed by atoms with Crippen molar-refractivity contribution in [2.24, 2.45) is 0 Å². The number of hydrogen-bond acceptors (Lipinski definition) is 1. The summed E-state index contributed by atoms with van der Waals surface area (Å²) in [6.45, 7) is 0. The molecule has 0 saturated carbocycles. The van der Waals surface area contributed by atoms with Crippen molar-refractivity contribution >= 4 is 71.2 Å². The molecule has 0 amide bonds. The van der Waals surface area contributed by atoms with Crippen LogP contribution >= 0.6 is 0 Å². The first-order valence-corrected chi connectivity index (χ1v) is 23.4. The Morgan fingerprint density at radius 3 is 1.49 bits per heavy atom. The van der Waals surface area contributed by atoms with E-state index in [2.05, 4.69) is 276 Å². The Hall–Kier alpha value is -8.98. The molecule has 0 aliphatic rings. The average Bonchev–Trinajstić information content (AvgIpc) is 3.75. The number of anilines is 3. The molecule has 0 fully saturated rings. The Labute approximate surface area is 395 Å². The zero-order valence-corrected chi connectivity index (χ0v) is 37.3. The second-order valence-electron chi connectivity index (χ2n) is 17.7. The van der Waals surface area contributed by atoms with Gasteiger partial charge in [0.2, 0.25) is 0 Å². The number of para-hydroxylation sites is 1. The minimum absolute atomic E-state index is 1.08. The van der Waals surface area contributed by atoms with Crippen LogP contribution in [0.3, 0.4) is 0 Å². The number of fused-ring (bicyclic) bond motifs is 7. The quantitative estimate of drug-likeness (QED) is 0.138. The van der Waals surface area contributed by atoms with Crippen LogP contribution in [-0.2, 0) is 0 Å². The summed E-state index contributed by atoms with van der Waals surface area (Å²) in [7, 11) is 0. The number of rotatable bonds is 8. The third-order valence-electron chi connectivity index (χ3n) is 13.7. The van der Waals surface area contributed by atoms with Crippen molar-refractivity contribution in [3.8, 4) is 50.2 Å². The topological polar surface area (TPSA) is 8.17 Å². The normalized spacial score (nSPS) is 11.5. The highest BCUT2D eigenvalue weighted by Gasteiger charge is 2.21. The first kappa shape index (κ1) is 39.4. The molecule has 0 radical (unpaired) electrons. The Kier molecular flexibility index (Phi) is 9.54. The molecule has 13 aromatic rings. The largest absolute Gasteiger partial charge is 0.310 e. The number of benzene rings is 12. The zero-order valence-electron chi connectivity index (χ0n) is 37.3. The molecule has 1 heterocycles. The first-order valence-electron chi connectivity index (χ1n) is 23.4. The van der Waals surface area contributed by atoms with Crippen molar-refractivity contribution in [3.63, 3.8) is 0 Å². The lowest BCUT2D eigenvalue weighted by molar-refractivity contribution is 1.18. The van der Waals surface area contributed by atoms with E-state index in [1.807, 2.05) is 0 Å². The molecule has 2 heteroatoms. The molecule has 0 aliphatic carbocycles. The van der Waals surface area contributed by atoms with Gasteiger partial charge in [0.05, 0.1) is 11.0 Å². The Bertz CT molecular complexity index is 4000. The molecule has 0 atom stereocenters. The Morgan fingerprint density at radius 1 is 0.235 bits per heavy atom. The summed E-state index contributed by atoms with van der Waals surface area (Å²) in [5, 5.41) is 9.89. The van der Waals surface area contributed by atoms with Gasteiger partial charge in [-0.25, -0.2) is 0 Å². The molecule has 2 nitrogen and oxygen atoms in total. The highest BCUT2D eigenvalue weighted by atomic mass is 15.1. The fraction of sp³-hybridized carbons (Fsp3) is 0. The van der Waals surface area contributed by atoms with Crippen LogP contribution in [-0.4, -0.2) is 4.57 Å². The third-order valence-corrected chi connectivity index (χ3v) is 13.7. The van der Waals surface area contributed by atoms with E-state index in [0.717, 1.165) is 39.4 Å². The molecular weight excluding hydrogens is 821 g/mol. The highest BCUT2D eigenvalue weighted by Crippen LogP contribution is 2.47. The molecule has 1 aromatic heterocycles. The standard InChI is InChI=1S/C66H44N2/c1-4-17-45(18-5-1)47-31-35-53(36-32-47)67(56-38-40-60-59-28-14-15-30-63(59)68(64(60)44-56)55-37-33-46-19-10-11-24-50(46)41-55)54-26-16-25-51(42-54)52-34-39-58-57-27-12-13-29-61(57)65(48-20-6-2-7-21-48)66(62(58)43-52)49-22-8-3-9-23-49/h1-44H. The second kappa shape index (κ2) is 16.5.